The van der Waals surface area contributed by atoms with Gasteiger partial charge in [0.15, 0.2) is 12.4 Å². The molecule has 3 aromatic carbocycles. The number of hydrogen-bond donors (Lipinski definition) is 3. The van der Waals surface area contributed by atoms with Gasteiger partial charge in [-0.1, -0.05) is 45.9 Å². The van der Waals surface area contributed by atoms with Crippen LogP contribution in [0.3, 0.4) is 0 Å². The van der Waals surface area contributed by atoms with E-state index in [4.69, 9.17) is 14.7 Å². The third kappa shape index (κ3) is 9.61. The maximum absolute atomic E-state index is 16.1. The molecule has 2 fully saturated rings. The Balaban J connectivity index is 0.880. The predicted molar refractivity (Wildman–Crippen MR) is 242 cm³/mol. The van der Waals surface area contributed by atoms with E-state index in [-0.39, 0.29) is 70.6 Å². The summed E-state index contributed by atoms with van der Waals surface area (Å²) in [5, 5.41) is 6.19. The van der Waals surface area contributed by atoms with Crippen molar-refractivity contribution in [2.45, 2.75) is 77.2 Å². The molecule has 2 aromatic heterocycles. The van der Waals surface area contributed by atoms with Crippen molar-refractivity contribution in [1.29, 1.82) is 0 Å². The highest BCUT2D eigenvalue weighted by Gasteiger charge is 2.45. The van der Waals surface area contributed by atoms with Gasteiger partial charge in [-0.15, -0.1) is 11.3 Å². The van der Waals surface area contributed by atoms with Crippen molar-refractivity contribution < 1.29 is 41.5 Å². The maximum Gasteiger partial charge on any atom is 0.262 e. The number of carbonyl (C=O) groups is 5. The summed E-state index contributed by atoms with van der Waals surface area (Å²) in [7, 11) is -3.74. The number of likely N-dealkylation sites (tertiary alicyclic amines) is 1. The monoisotopic (exact) mass is 922 g/mol. The Kier molecular flexibility index (Phi) is 12.5. The number of benzene rings is 3. The van der Waals surface area contributed by atoms with Crippen molar-refractivity contribution in [3.8, 4) is 27.6 Å². The van der Waals surface area contributed by atoms with Gasteiger partial charge < -0.3 is 15.0 Å². The number of rotatable bonds is 13. The molecule has 0 aliphatic carbocycles. The Morgan fingerprint density at radius 3 is 2.38 bits per heavy atom. The van der Waals surface area contributed by atoms with Gasteiger partial charge >= 0.3 is 0 Å². The molecule has 338 valence electrons. The third-order valence-corrected chi connectivity index (χ3v) is 14.4. The van der Waals surface area contributed by atoms with Crippen molar-refractivity contribution in [3.63, 3.8) is 0 Å². The van der Waals surface area contributed by atoms with Crippen LogP contribution < -0.4 is 20.1 Å². The molecule has 0 bridgehead atoms. The van der Waals surface area contributed by atoms with Gasteiger partial charge in [0.05, 0.1) is 43.8 Å². The number of nitrogens with zero attached hydrogens (tertiary/aromatic N) is 5. The highest BCUT2D eigenvalue weighted by molar-refractivity contribution is 7.92. The first-order valence-corrected chi connectivity index (χ1v) is 23.7. The number of aromatic nitrogens is 3. The predicted octanol–water partition coefficient (Wildman–Crippen LogP) is 6.79. The zero-order chi connectivity index (χ0) is 46.2. The van der Waals surface area contributed by atoms with E-state index in [1.165, 1.54) is 35.6 Å². The number of piperidine rings is 2. The number of imide groups is 2. The molecule has 3 N–H and O–H groups in total. The summed E-state index contributed by atoms with van der Waals surface area (Å²) in [6.07, 6.45) is 3.53. The van der Waals surface area contributed by atoms with E-state index in [2.05, 4.69) is 20.3 Å². The van der Waals surface area contributed by atoms with Gasteiger partial charge in [-0.2, -0.15) is 0 Å². The zero-order valence-corrected chi connectivity index (χ0v) is 37.8. The van der Waals surface area contributed by atoms with Crippen LogP contribution in [0, 0.1) is 5.82 Å². The van der Waals surface area contributed by atoms with Crippen LogP contribution in [0.15, 0.2) is 72.9 Å². The van der Waals surface area contributed by atoms with E-state index < -0.39 is 45.5 Å². The van der Waals surface area contributed by atoms with Gasteiger partial charge in [0.1, 0.15) is 11.8 Å². The second kappa shape index (κ2) is 18.1. The van der Waals surface area contributed by atoms with Crippen LogP contribution in [0.25, 0.3) is 21.8 Å². The summed E-state index contributed by atoms with van der Waals surface area (Å²) in [5.41, 5.74) is 2.55. The van der Waals surface area contributed by atoms with E-state index in [9.17, 15) is 32.4 Å². The number of nitrogens with one attached hydrogen (secondary N) is 3. The van der Waals surface area contributed by atoms with Gasteiger partial charge in [0, 0.05) is 42.4 Å². The second-order valence-corrected chi connectivity index (χ2v) is 20.0. The fraction of sp³-hybridized carbons (Fsp3) is 0.348. The minimum atomic E-state index is -3.74. The molecule has 1 atom stereocenters. The summed E-state index contributed by atoms with van der Waals surface area (Å²) in [5.74, 6) is -2.74. The summed E-state index contributed by atoms with van der Waals surface area (Å²) in [6, 6.07) is 17.5. The van der Waals surface area contributed by atoms with Gasteiger partial charge in [-0.3, -0.25) is 38.9 Å². The Bertz CT molecular complexity index is 2820. The molecular formula is C46H47FN8O8S2. The molecule has 2 saturated heterocycles. The smallest absolute Gasteiger partial charge is 0.262 e. The van der Waals surface area contributed by atoms with Crippen LogP contribution in [-0.4, -0.2) is 94.2 Å². The Labute approximate surface area is 379 Å². The molecule has 16 nitrogen and oxygen atoms in total. The third-order valence-electron chi connectivity index (χ3n) is 11.4. The number of carbonyl (C=O) groups excluding carboxylic acids is 5. The van der Waals surface area contributed by atoms with Crippen LogP contribution in [0.2, 0.25) is 0 Å². The Hall–Kier alpha value is -6.60. The Morgan fingerprint density at radius 1 is 0.938 bits per heavy atom. The highest BCUT2D eigenvalue weighted by Crippen LogP contribution is 2.42. The normalized spacial score (nSPS) is 17.0. The lowest BCUT2D eigenvalue weighted by Gasteiger charge is -2.32. The lowest BCUT2D eigenvalue weighted by Crippen LogP contribution is -2.54. The number of thiazole rings is 1. The zero-order valence-electron chi connectivity index (χ0n) is 36.1. The molecule has 5 aromatic rings. The van der Waals surface area contributed by atoms with Crippen LogP contribution in [-0.2, 0) is 29.8 Å². The van der Waals surface area contributed by atoms with Crippen LogP contribution in [0.4, 0.5) is 21.7 Å². The van der Waals surface area contributed by atoms with Crippen molar-refractivity contribution >= 4 is 68.2 Å². The van der Waals surface area contributed by atoms with Crippen molar-refractivity contribution in [1.82, 2.24) is 30.1 Å². The summed E-state index contributed by atoms with van der Waals surface area (Å²) in [4.78, 5) is 80.7. The minimum absolute atomic E-state index is 0.0197. The first kappa shape index (κ1) is 45.0. The molecule has 0 spiro atoms. The molecule has 8 rings (SSSR count). The van der Waals surface area contributed by atoms with Gasteiger partial charge in [0.2, 0.25) is 27.8 Å². The van der Waals surface area contributed by atoms with Crippen LogP contribution >= 0.6 is 11.3 Å². The van der Waals surface area contributed by atoms with Crippen LogP contribution in [0.1, 0.15) is 97.0 Å². The maximum atomic E-state index is 16.1. The second-order valence-electron chi connectivity index (χ2n) is 17.1. The van der Waals surface area contributed by atoms with Crippen molar-refractivity contribution in [2.75, 3.05) is 35.5 Å². The molecule has 5 heterocycles. The largest absolute Gasteiger partial charge is 0.484 e. The average molecular weight is 923 g/mol. The summed E-state index contributed by atoms with van der Waals surface area (Å²) < 4.78 is 49.3. The standard InChI is InChI=1S/C46H47FN8O8S2/c1-5-23-65(61,62)53-33-8-6-7-31(38(33)47)39-40(64-44(52-39)46(2,3)4)34-17-20-48-45(50-34)49-28-11-9-26(10-12-28)27-18-21-54(22-19-27)37(57)25-63-29-13-14-30-32(24-29)43(60)55(42(30)59)35-15-16-36(56)51-41(35)58/h6-14,17,20,24,27,35,53H,5,15-16,18-19,21-23,25H2,1-4H3,(H,48,49,50)(H,51,56,58)/t35-/m1/s1. The van der Waals surface area contributed by atoms with E-state index in [1.807, 2.05) is 45.0 Å². The fourth-order valence-electron chi connectivity index (χ4n) is 8.03. The number of anilines is 3. The first-order valence-electron chi connectivity index (χ1n) is 21.3. The number of sulfonamides is 1. The van der Waals surface area contributed by atoms with Crippen molar-refractivity contribution in [3.05, 3.63) is 100 Å². The van der Waals surface area contributed by atoms with E-state index in [0.29, 0.717) is 41.7 Å². The highest BCUT2D eigenvalue weighted by atomic mass is 32.2. The lowest BCUT2D eigenvalue weighted by molar-refractivity contribution is -0.136. The van der Waals surface area contributed by atoms with Crippen molar-refractivity contribution in [2.24, 2.45) is 0 Å². The number of fused-ring (bicyclic) bond motifs is 1. The molecule has 3 aliphatic rings. The number of hydrogen-bond acceptors (Lipinski definition) is 13. The minimum Gasteiger partial charge on any atom is -0.484 e. The van der Waals surface area contributed by atoms with E-state index in [1.54, 1.807) is 36.2 Å². The Morgan fingerprint density at radius 2 is 1.68 bits per heavy atom. The molecule has 3 aliphatic heterocycles. The van der Waals surface area contributed by atoms with E-state index >= 15 is 4.39 Å². The fourth-order valence-corrected chi connectivity index (χ4v) is 10.3. The average Bonchev–Trinajstić information content (AvgIpc) is 3.83. The molecule has 0 radical (unpaired) electrons. The molecule has 0 unspecified atom stereocenters. The lowest BCUT2D eigenvalue weighted by atomic mass is 9.89. The quantitative estimate of drug-likeness (QED) is 0.104. The molecule has 0 saturated carbocycles. The van der Waals surface area contributed by atoms with Gasteiger partial charge in [-0.05, 0) is 85.7 Å². The topological polar surface area (TPSA) is 210 Å². The summed E-state index contributed by atoms with van der Waals surface area (Å²) in [6.45, 7) is 8.55. The molecule has 5 amide bonds. The van der Waals surface area contributed by atoms with Gasteiger partial charge in [0.25, 0.3) is 17.7 Å². The molecule has 65 heavy (non-hydrogen) atoms. The first-order chi connectivity index (χ1) is 31.0. The van der Waals surface area contributed by atoms with E-state index in [0.717, 1.165) is 34.0 Å². The molecular weight excluding hydrogens is 876 g/mol. The SMILES string of the molecule is CCCS(=O)(=O)Nc1cccc(-c2nc(C(C)(C)C)sc2-c2ccnc(Nc3ccc(C4CCN(C(=O)COc5ccc6c(c5)C(=O)N([C@@H]5CCC(=O)NC5=O)C6=O)CC4)cc3)n2)c1F. The number of ether oxygens (including phenoxy) is 1. The number of halogens is 1. The van der Waals surface area contributed by atoms with Gasteiger partial charge in [-0.25, -0.2) is 27.8 Å². The number of amides is 5. The molecule has 19 heteroatoms. The summed E-state index contributed by atoms with van der Waals surface area (Å²) >= 11 is 1.39. The van der Waals surface area contributed by atoms with Crippen LogP contribution in [0.5, 0.6) is 5.75 Å².